The topological polar surface area (TPSA) is 162 Å². The molecule has 0 spiro atoms. The van der Waals surface area contributed by atoms with E-state index in [-0.39, 0.29) is 34.3 Å². The Morgan fingerprint density at radius 3 is 1.69 bits per heavy atom. The number of carbonyl (C=O) groups excluding carboxylic acids is 1. The maximum Gasteiger partial charge on any atom is 0.338 e. The van der Waals surface area contributed by atoms with Gasteiger partial charge in [0.1, 0.15) is 17.2 Å². The maximum absolute atomic E-state index is 11.1. The second kappa shape index (κ2) is 14.7. The van der Waals surface area contributed by atoms with Crippen molar-refractivity contribution in [3.63, 3.8) is 0 Å². The SMILES string of the molecule is CCCc1cc(O)ccc1C(=O)O.CCOC(=O)c1ccc(O)cc1.Cc1cc(O)ccc1C(=O)O. The van der Waals surface area contributed by atoms with Crippen molar-refractivity contribution in [1.82, 2.24) is 0 Å². The van der Waals surface area contributed by atoms with Crippen LogP contribution < -0.4 is 0 Å². The molecule has 0 fully saturated rings. The molecule has 3 rings (SSSR count). The fourth-order valence-corrected chi connectivity index (χ4v) is 2.96. The van der Waals surface area contributed by atoms with Crippen LogP contribution in [-0.4, -0.2) is 50.0 Å². The molecule has 0 unspecified atom stereocenters. The summed E-state index contributed by atoms with van der Waals surface area (Å²) in [5.41, 5.74) is 2.21. The summed E-state index contributed by atoms with van der Waals surface area (Å²) in [6.07, 6.45) is 1.54. The Morgan fingerprint density at radius 1 is 0.722 bits per heavy atom. The maximum atomic E-state index is 11.1. The van der Waals surface area contributed by atoms with E-state index in [0.29, 0.717) is 29.7 Å². The lowest BCUT2D eigenvalue weighted by atomic mass is 10.0. The van der Waals surface area contributed by atoms with Crippen molar-refractivity contribution in [2.24, 2.45) is 0 Å². The molecule has 0 amide bonds. The molecule has 36 heavy (non-hydrogen) atoms. The van der Waals surface area contributed by atoms with Gasteiger partial charge in [-0.2, -0.15) is 0 Å². The van der Waals surface area contributed by atoms with Crippen LogP contribution in [0.3, 0.4) is 0 Å². The van der Waals surface area contributed by atoms with Crippen LogP contribution in [0.5, 0.6) is 17.2 Å². The summed E-state index contributed by atoms with van der Waals surface area (Å²) in [6.45, 7) is 5.72. The van der Waals surface area contributed by atoms with E-state index in [2.05, 4.69) is 0 Å². The molecule has 5 N–H and O–H groups in total. The molecule has 0 heterocycles. The van der Waals surface area contributed by atoms with Crippen molar-refractivity contribution >= 4 is 17.9 Å². The molecule has 0 aliphatic carbocycles. The highest BCUT2D eigenvalue weighted by Gasteiger charge is 2.09. The monoisotopic (exact) mass is 498 g/mol. The second-order valence-electron chi connectivity index (χ2n) is 7.47. The first-order valence-electron chi connectivity index (χ1n) is 11.0. The molecule has 0 aliphatic rings. The molecule has 3 aromatic carbocycles. The van der Waals surface area contributed by atoms with Gasteiger partial charge in [0, 0.05) is 0 Å². The number of carboxylic acid groups (broad SMARTS) is 2. The van der Waals surface area contributed by atoms with Gasteiger partial charge in [0.2, 0.25) is 0 Å². The molecule has 0 aliphatic heterocycles. The van der Waals surface area contributed by atoms with Gasteiger partial charge in [-0.3, -0.25) is 0 Å². The molecule has 9 nitrogen and oxygen atoms in total. The third kappa shape index (κ3) is 9.76. The fraction of sp³-hybridized carbons (Fsp3) is 0.222. The Morgan fingerprint density at radius 2 is 1.22 bits per heavy atom. The van der Waals surface area contributed by atoms with E-state index in [1.54, 1.807) is 13.8 Å². The Labute approximate surface area is 208 Å². The third-order valence-electron chi connectivity index (χ3n) is 4.66. The van der Waals surface area contributed by atoms with Crippen LogP contribution in [0.15, 0.2) is 60.7 Å². The largest absolute Gasteiger partial charge is 0.508 e. The number of carbonyl (C=O) groups is 3. The average molecular weight is 499 g/mol. The van der Waals surface area contributed by atoms with Crippen LogP contribution >= 0.6 is 0 Å². The number of hydrogen-bond donors (Lipinski definition) is 5. The number of aromatic hydroxyl groups is 3. The zero-order valence-corrected chi connectivity index (χ0v) is 20.3. The van der Waals surface area contributed by atoms with Crippen molar-refractivity contribution < 1.29 is 44.7 Å². The van der Waals surface area contributed by atoms with Gasteiger partial charge in [0.25, 0.3) is 0 Å². The van der Waals surface area contributed by atoms with Crippen molar-refractivity contribution in [3.8, 4) is 17.2 Å². The Kier molecular flexibility index (Phi) is 12.0. The van der Waals surface area contributed by atoms with E-state index >= 15 is 0 Å². The van der Waals surface area contributed by atoms with Gasteiger partial charge in [-0.1, -0.05) is 13.3 Å². The summed E-state index contributed by atoms with van der Waals surface area (Å²) in [7, 11) is 0. The van der Waals surface area contributed by atoms with Gasteiger partial charge in [0.15, 0.2) is 0 Å². The highest BCUT2D eigenvalue weighted by atomic mass is 16.5. The molecule has 0 radical (unpaired) electrons. The summed E-state index contributed by atoms with van der Waals surface area (Å²) in [6, 6.07) is 14.4. The zero-order chi connectivity index (χ0) is 27.3. The smallest absolute Gasteiger partial charge is 0.338 e. The number of benzene rings is 3. The van der Waals surface area contributed by atoms with E-state index in [1.165, 1.54) is 60.7 Å². The molecule has 0 saturated heterocycles. The highest BCUT2D eigenvalue weighted by molar-refractivity contribution is 5.90. The second-order valence-corrected chi connectivity index (χ2v) is 7.47. The van der Waals surface area contributed by atoms with Crippen molar-refractivity contribution in [1.29, 1.82) is 0 Å². The lowest BCUT2D eigenvalue weighted by Gasteiger charge is -2.04. The predicted molar refractivity (Wildman–Crippen MR) is 133 cm³/mol. The third-order valence-corrected chi connectivity index (χ3v) is 4.66. The average Bonchev–Trinajstić information content (AvgIpc) is 2.80. The van der Waals surface area contributed by atoms with Crippen molar-refractivity contribution in [2.75, 3.05) is 6.61 Å². The minimum Gasteiger partial charge on any atom is -0.508 e. The lowest BCUT2D eigenvalue weighted by Crippen LogP contribution is -2.03. The molecule has 0 saturated carbocycles. The van der Waals surface area contributed by atoms with Crippen molar-refractivity contribution in [2.45, 2.75) is 33.6 Å². The Balaban J connectivity index is 0.000000271. The Bertz CT molecular complexity index is 1170. The quantitative estimate of drug-likeness (QED) is 0.294. The van der Waals surface area contributed by atoms with Crippen LogP contribution in [0.25, 0.3) is 0 Å². The molecule has 0 bridgehead atoms. The van der Waals surface area contributed by atoms with Gasteiger partial charge in [-0.15, -0.1) is 0 Å². The number of aryl methyl sites for hydroxylation is 2. The number of esters is 1. The van der Waals surface area contributed by atoms with Crippen LogP contribution in [-0.2, 0) is 11.2 Å². The number of phenolic OH excluding ortho intramolecular Hbond substituents is 3. The minimum absolute atomic E-state index is 0.0903. The van der Waals surface area contributed by atoms with E-state index in [9.17, 15) is 14.4 Å². The molecule has 0 atom stereocenters. The van der Waals surface area contributed by atoms with E-state index in [1.807, 2.05) is 6.92 Å². The number of hydrogen-bond acceptors (Lipinski definition) is 7. The zero-order valence-electron chi connectivity index (χ0n) is 20.3. The first-order valence-corrected chi connectivity index (χ1v) is 11.0. The van der Waals surface area contributed by atoms with E-state index in [4.69, 9.17) is 30.3 Å². The predicted octanol–water partition coefficient (Wildman–Crippen LogP) is 5.01. The standard InChI is InChI=1S/C10H12O3.C9H10O3.C8H8O3/c1-2-3-7-6-8(11)4-5-9(7)10(12)13;1-2-12-9(11)7-3-5-8(10)6-4-7;1-5-4-6(9)2-3-7(5)8(10)11/h4-6,11H,2-3H2,1H3,(H,12,13);3-6,10H,2H2,1H3;2-4,9H,1H3,(H,10,11). The van der Waals surface area contributed by atoms with Crippen LogP contribution in [0.4, 0.5) is 0 Å². The highest BCUT2D eigenvalue weighted by Crippen LogP contribution is 2.18. The molecule has 192 valence electrons. The number of rotatable bonds is 6. The molecular formula is C27H30O9. The van der Waals surface area contributed by atoms with Gasteiger partial charge >= 0.3 is 17.9 Å². The van der Waals surface area contributed by atoms with E-state index in [0.717, 1.165) is 6.42 Å². The van der Waals surface area contributed by atoms with Crippen LogP contribution in [0, 0.1) is 6.92 Å². The van der Waals surface area contributed by atoms with Gasteiger partial charge in [0.05, 0.1) is 23.3 Å². The summed E-state index contributed by atoms with van der Waals surface area (Å²) in [4.78, 5) is 32.2. The number of ether oxygens (including phenoxy) is 1. The molecule has 3 aromatic rings. The summed E-state index contributed by atoms with van der Waals surface area (Å²) < 4.78 is 4.75. The first kappa shape index (κ1) is 29.5. The minimum atomic E-state index is -0.970. The van der Waals surface area contributed by atoms with Crippen molar-refractivity contribution in [3.05, 3.63) is 88.5 Å². The van der Waals surface area contributed by atoms with Crippen LogP contribution in [0.2, 0.25) is 0 Å². The summed E-state index contributed by atoms with van der Waals surface area (Å²) in [5, 5.41) is 44.4. The lowest BCUT2D eigenvalue weighted by molar-refractivity contribution is 0.0525. The van der Waals surface area contributed by atoms with Gasteiger partial charge in [-0.25, -0.2) is 14.4 Å². The van der Waals surface area contributed by atoms with Gasteiger partial charge < -0.3 is 30.3 Å². The summed E-state index contributed by atoms with van der Waals surface area (Å²) in [5.74, 6) is -1.92. The molecule has 9 heteroatoms. The molecular weight excluding hydrogens is 468 g/mol. The fourth-order valence-electron chi connectivity index (χ4n) is 2.96. The normalized spacial score (nSPS) is 9.64. The first-order chi connectivity index (χ1) is 17.0. The Hall–Kier alpha value is -4.53. The number of aromatic carboxylic acids is 2. The van der Waals surface area contributed by atoms with E-state index < -0.39 is 11.9 Å². The number of carboxylic acids is 2. The van der Waals surface area contributed by atoms with Crippen LogP contribution in [0.1, 0.15) is 62.5 Å². The molecule has 0 aromatic heterocycles. The summed E-state index contributed by atoms with van der Waals surface area (Å²) >= 11 is 0. The number of phenols is 3. The van der Waals surface area contributed by atoms with Gasteiger partial charge in [-0.05, 0) is 92.1 Å².